The van der Waals surface area contributed by atoms with Crippen molar-refractivity contribution in [3.05, 3.63) is 34.1 Å². The van der Waals surface area contributed by atoms with Crippen molar-refractivity contribution in [1.82, 2.24) is 10.2 Å². The minimum Gasteiger partial charge on any atom is -0.343 e. The van der Waals surface area contributed by atoms with Gasteiger partial charge in [-0.15, -0.1) is 0 Å². The molecule has 0 aromatic heterocycles. The summed E-state index contributed by atoms with van der Waals surface area (Å²) < 4.78 is 14.6. The standard InChI is InChI=1S/C15H18BrFN2O2/c1-3-12-15(21)19(13(4-2)14(20)18-12)8-9-5-6-10(16)7-11(9)17/h5-7,12-13H,3-4,8H2,1-2H3,(H,18,20). The van der Waals surface area contributed by atoms with Crippen molar-refractivity contribution in [2.24, 2.45) is 0 Å². The van der Waals surface area contributed by atoms with E-state index < -0.39 is 12.1 Å². The van der Waals surface area contributed by atoms with E-state index in [2.05, 4.69) is 21.2 Å². The maximum absolute atomic E-state index is 14.0. The smallest absolute Gasteiger partial charge is 0.246 e. The zero-order valence-corrected chi connectivity index (χ0v) is 13.6. The molecule has 2 atom stereocenters. The topological polar surface area (TPSA) is 49.4 Å². The average Bonchev–Trinajstić information content (AvgIpc) is 2.45. The van der Waals surface area contributed by atoms with Gasteiger partial charge in [0, 0.05) is 16.6 Å². The number of amides is 2. The van der Waals surface area contributed by atoms with Crippen LogP contribution >= 0.6 is 15.9 Å². The molecule has 114 valence electrons. The Kier molecular flexibility index (Phi) is 4.98. The summed E-state index contributed by atoms with van der Waals surface area (Å²) >= 11 is 3.20. The summed E-state index contributed by atoms with van der Waals surface area (Å²) in [6.07, 6.45) is 1.03. The molecule has 6 heteroatoms. The molecular formula is C15H18BrFN2O2. The van der Waals surface area contributed by atoms with Crippen LogP contribution in [-0.4, -0.2) is 28.8 Å². The third-order valence-electron chi connectivity index (χ3n) is 3.73. The molecule has 2 rings (SSSR count). The molecule has 0 aliphatic carbocycles. The van der Waals surface area contributed by atoms with Gasteiger partial charge in [0.05, 0.1) is 0 Å². The molecule has 1 aliphatic heterocycles. The second-order valence-electron chi connectivity index (χ2n) is 5.10. The molecule has 2 unspecified atom stereocenters. The van der Waals surface area contributed by atoms with Gasteiger partial charge >= 0.3 is 0 Å². The van der Waals surface area contributed by atoms with E-state index in [1.807, 2.05) is 13.8 Å². The first-order valence-electron chi connectivity index (χ1n) is 7.02. The minimum atomic E-state index is -0.539. The Morgan fingerprint density at radius 1 is 1.29 bits per heavy atom. The van der Waals surface area contributed by atoms with Crippen LogP contribution in [0.5, 0.6) is 0 Å². The van der Waals surface area contributed by atoms with E-state index in [1.54, 1.807) is 12.1 Å². The number of nitrogens with zero attached hydrogens (tertiary/aromatic N) is 1. The number of carbonyl (C=O) groups is 2. The summed E-state index contributed by atoms with van der Waals surface area (Å²) in [5, 5.41) is 2.72. The normalized spacial score (nSPS) is 22.4. The van der Waals surface area contributed by atoms with Crippen molar-refractivity contribution in [3.8, 4) is 0 Å². The van der Waals surface area contributed by atoms with E-state index in [-0.39, 0.29) is 24.2 Å². The van der Waals surface area contributed by atoms with Crippen LogP contribution in [0.4, 0.5) is 4.39 Å². The number of rotatable bonds is 4. The summed E-state index contributed by atoms with van der Waals surface area (Å²) in [7, 11) is 0. The highest BCUT2D eigenvalue weighted by molar-refractivity contribution is 9.10. The second-order valence-corrected chi connectivity index (χ2v) is 6.01. The Morgan fingerprint density at radius 3 is 2.57 bits per heavy atom. The van der Waals surface area contributed by atoms with Crippen molar-refractivity contribution in [3.63, 3.8) is 0 Å². The summed E-state index contributed by atoms with van der Waals surface area (Å²) in [4.78, 5) is 26.0. The van der Waals surface area contributed by atoms with Crippen LogP contribution in [0.25, 0.3) is 0 Å². The van der Waals surface area contributed by atoms with E-state index in [9.17, 15) is 14.0 Å². The molecule has 1 aromatic rings. The summed E-state index contributed by atoms with van der Waals surface area (Å²) in [5.41, 5.74) is 0.412. The number of piperazine rings is 1. The van der Waals surface area contributed by atoms with E-state index in [1.165, 1.54) is 11.0 Å². The number of benzene rings is 1. The summed E-state index contributed by atoms with van der Waals surface area (Å²) in [6, 6.07) is 3.67. The van der Waals surface area contributed by atoms with Crippen LogP contribution in [0.1, 0.15) is 32.3 Å². The van der Waals surface area contributed by atoms with Gasteiger partial charge in [-0.2, -0.15) is 0 Å². The molecule has 0 radical (unpaired) electrons. The SMILES string of the molecule is CCC1NC(=O)C(CC)N(Cc2ccc(Br)cc2F)C1=O. The molecule has 1 aromatic carbocycles. The highest BCUT2D eigenvalue weighted by Crippen LogP contribution is 2.21. The second kappa shape index (κ2) is 6.56. The van der Waals surface area contributed by atoms with Gasteiger partial charge in [0.15, 0.2) is 0 Å². The molecular weight excluding hydrogens is 339 g/mol. The fraction of sp³-hybridized carbons (Fsp3) is 0.467. The molecule has 2 amide bonds. The molecule has 21 heavy (non-hydrogen) atoms. The van der Waals surface area contributed by atoms with Crippen molar-refractivity contribution in [1.29, 1.82) is 0 Å². The number of hydrogen-bond acceptors (Lipinski definition) is 2. The molecule has 1 N–H and O–H groups in total. The van der Waals surface area contributed by atoms with Crippen LogP contribution in [0.3, 0.4) is 0 Å². The van der Waals surface area contributed by atoms with Crippen LogP contribution in [0.2, 0.25) is 0 Å². The van der Waals surface area contributed by atoms with Crippen molar-refractivity contribution < 1.29 is 14.0 Å². The highest BCUT2D eigenvalue weighted by atomic mass is 79.9. The van der Waals surface area contributed by atoms with Gasteiger partial charge in [-0.25, -0.2) is 4.39 Å². The van der Waals surface area contributed by atoms with E-state index in [0.717, 1.165) is 0 Å². The van der Waals surface area contributed by atoms with E-state index >= 15 is 0 Å². The van der Waals surface area contributed by atoms with Crippen molar-refractivity contribution in [2.75, 3.05) is 0 Å². The third kappa shape index (κ3) is 3.26. The molecule has 1 saturated heterocycles. The fourth-order valence-corrected chi connectivity index (χ4v) is 2.86. The van der Waals surface area contributed by atoms with Crippen molar-refractivity contribution in [2.45, 2.75) is 45.3 Å². The monoisotopic (exact) mass is 356 g/mol. The van der Waals surface area contributed by atoms with E-state index in [4.69, 9.17) is 0 Å². The number of nitrogens with one attached hydrogen (secondary N) is 1. The van der Waals surface area contributed by atoms with Gasteiger partial charge in [-0.3, -0.25) is 9.59 Å². The molecule has 0 bridgehead atoms. The zero-order chi connectivity index (χ0) is 15.6. The summed E-state index contributed by atoms with van der Waals surface area (Å²) in [6.45, 7) is 3.79. The van der Waals surface area contributed by atoms with Crippen LogP contribution in [0, 0.1) is 5.82 Å². The van der Waals surface area contributed by atoms with Crippen LogP contribution in [0.15, 0.2) is 22.7 Å². The summed E-state index contributed by atoms with van der Waals surface area (Å²) in [5.74, 6) is -0.696. The molecule has 0 spiro atoms. The molecule has 1 heterocycles. The predicted molar refractivity (Wildman–Crippen MR) is 81.0 cm³/mol. The lowest BCUT2D eigenvalue weighted by molar-refractivity contribution is -0.150. The Hall–Kier alpha value is -1.43. The third-order valence-corrected chi connectivity index (χ3v) is 4.22. The number of halogens is 2. The lowest BCUT2D eigenvalue weighted by Gasteiger charge is -2.38. The van der Waals surface area contributed by atoms with Crippen LogP contribution < -0.4 is 5.32 Å². The zero-order valence-electron chi connectivity index (χ0n) is 12.0. The lowest BCUT2D eigenvalue weighted by Crippen LogP contribution is -2.62. The predicted octanol–water partition coefficient (Wildman–Crippen LogP) is 2.60. The van der Waals surface area contributed by atoms with Gasteiger partial charge in [0.1, 0.15) is 17.9 Å². The molecule has 0 saturated carbocycles. The Balaban J connectivity index is 2.28. The van der Waals surface area contributed by atoms with Gasteiger partial charge < -0.3 is 10.2 Å². The first kappa shape index (κ1) is 15.9. The molecule has 4 nitrogen and oxygen atoms in total. The highest BCUT2D eigenvalue weighted by Gasteiger charge is 2.38. The molecule has 1 aliphatic rings. The fourth-order valence-electron chi connectivity index (χ4n) is 2.53. The number of carbonyl (C=O) groups excluding carboxylic acids is 2. The van der Waals surface area contributed by atoms with Crippen molar-refractivity contribution >= 4 is 27.7 Å². The minimum absolute atomic E-state index is 0.111. The lowest BCUT2D eigenvalue weighted by atomic mass is 10.0. The van der Waals surface area contributed by atoms with Gasteiger partial charge in [0.2, 0.25) is 11.8 Å². The van der Waals surface area contributed by atoms with Gasteiger partial charge in [-0.1, -0.05) is 35.8 Å². The first-order chi connectivity index (χ1) is 9.97. The average molecular weight is 357 g/mol. The largest absolute Gasteiger partial charge is 0.343 e. The number of hydrogen-bond donors (Lipinski definition) is 1. The maximum atomic E-state index is 14.0. The maximum Gasteiger partial charge on any atom is 0.246 e. The Morgan fingerprint density at radius 2 is 2.00 bits per heavy atom. The Bertz CT molecular complexity index is 565. The first-order valence-corrected chi connectivity index (χ1v) is 7.82. The van der Waals surface area contributed by atoms with E-state index in [0.29, 0.717) is 22.9 Å². The quantitative estimate of drug-likeness (QED) is 0.901. The molecule has 1 fully saturated rings. The van der Waals surface area contributed by atoms with Gasteiger partial charge in [0.25, 0.3) is 0 Å². The Labute approximate surface area is 131 Å². The van der Waals surface area contributed by atoms with Crippen LogP contribution in [-0.2, 0) is 16.1 Å². The van der Waals surface area contributed by atoms with Gasteiger partial charge in [-0.05, 0) is 25.0 Å².